The van der Waals surface area contributed by atoms with Gasteiger partial charge in [-0.05, 0) is 24.7 Å². The number of fused-ring (bicyclic) bond motifs is 1. The number of rotatable bonds is 3. The van der Waals surface area contributed by atoms with E-state index in [4.69, 9.17) is 17.3 Å². The number of aryl methyl sites for hydroxylation is 1. The normalized spacial score (nSPS) is 10.9. The maximum atomic E-state index is 11.7. The van der Waals surface area contributed by atoms with Gasteiger partial charge in [0.05, 0.1) is 5.52 Å². The van der Waals surface area contributed by atoms with Gasteiger partial charge < -0.3 is 5.73 Å². The van der Waals surface area contributed by atoms with Gasteiger partial charge in [-0.2, -0.15) is 5.10 Å². The first kappa shape index (κ1) is 11.1. The lowest BCUT2D eigenvalue weighted by Crippen LogP contribution is -2.07. The molecule has 0 bridgehead atoms. The number of hydrogen-bond donors (Lipinski definition) is 1. The fraction of sp³-hybridized carbons (Fsp3) is 0.273. The highest BCUT2D eigenvalue weighted by atomic mass is 35.5. The molecule has 0 unspecified atom stereocenters. The standard InChI is InChI=1S/C11H12ClN3O/c1-15-9-3-2-7(10(16)4-5-13)6-8(9)11(12)14-15/h2-3,6H,4-5,13H2,1H3. The molecule has 0 aliphatic rings. The summed E-state index contributed by atoms with van der Waals surface area (Å²) < 4.78 is 1.69. The van der Waals surface area contributed by atoms with E-state index in [1.54, 1.807) is 16.8 Å². The summed E-state index contributed by atoms with van der Waals surface area (Å²) >= 11 is 5.96. The third-order valence-electron chi connectivity index (χ3n) is 2.50. The Hall–Kier alpha value is -1.39. The van der Waals surface area contributed by atoms with Crippen molar-refractivity contribution in [1.29, 1.82) is 0 Å². The Bertz CT molecular complexity index is 547. The van der Waals surface area contributed by atoms with Crippen molar-refractivity contribution in [1.82, 2.24) is 9.78 Å². The fourth-order valence-corrected chi connectivity index (χ4v) is 1.94. The van der Waals surface area contributed by atoms with Gasteiger partial charge in [0.2, 0.25) is 0 Å². The molecule has 1 heterocycles. The molecule has 2 N–H and O–H groups in total. The van der Waals surface area contributed by atoms with Gasteiger partial charge in [-0.3, -0.25) is 9.48 Å². The van der Waals surface area contributed by atoms with Crippen molar-refractivity contribution in [3.05, 3.63) is 28.9 Å². The highest BCUT2D eigenvalue weighted by molar-refractivity contribution is 6.34. The first-order valence-electron chi connectivity index (χ1n) is 4.99. The molecule has 0 atom stereocenters. The largest absolute Gasteiger partial charge is 0.330 e. The van der Waals surface area contributed by atoms with E-state index in [-0.39, 0.29) is 5.78 Å². The molecule has 1 aromatic heterocycles. The molecule has 84 valence electrons. The molecule has 0 saturated carbocycles. The van der Waals surface area contributed by atoms with E-state index in [1.807, 2.05) is 13.1 Å². The van der Waals surface area contributed by atoms with Crippen LogP contribution in [0.2, 0.25) is 5.15 Å². The average molecular weight is 238 g/mol. The Labute approximate surface area is 98.0 Å². The summed E-state index contributed by atoms with van der Waals surface area (Å²) in [6.07, 6.45) is 0.351. The van der Waals surface area contributed by atoms with Crippen LogP contribution in [0.5, 0.6) is 0 Å². The summed E-state index contributed by atoms with van der Waals surface area (Å²) in [6, 6.07) is 5.39. The maximum absolute atomic E-state index is 11.7. The number of benzene rings is 1. The van der Waals surface area contributed by atoms with Crippen LogP contribution >= 0.6 is 11.6 Å². The van der Waals surface area contributed by atoms with E-state index in [0.29, 0.717) is 23.7 Å². The molecule has 5 heteroatoms. The van der Waals surface area contributed by atoms with Gasteiger partial charge in [-0.1, -0.05) is 11.6 Å². The number of nitrogens with zero attached hydrogens (tertiary/aromatic N) is 2. The first-order chi connectivity index (χ1) is 7.63. The second kappa shape index (κ2) is 4.23. The molecule has 0 spiro atoms. The predicted molar refractivity (Wildman–Crippen MR) is 63.7 cm³/mol. The Morgan fingerprint density at radius 3 is 3.00 bits per heavy atom. The van der Waals surface area contributed by atoms with Crippen molar-refractivity contribution < 1.29 is 4.79 Å². The van der Waals surface area contributed by atoms with Gasteiger partial charge >= 0.3 is 0 Å². The van der Waals surface area contributed by atoms with Crippen LogP contribution in [0.15, 0.2) is 18.2 Å². The van der Waals surface area contributed by atoms with Gasteiger partial charge in [0.25, 0.3) is 0 Å². The highest BCUT2D eigenvalue weighted by Crippen LogP contribution is 2.23. The van der Waals surface area contributed by atoms with Crippen LogP contribution in [0.4, 0.5) is 0 Å². The molecule has 0 aliphatic carbocycles. The van der Waals surface area contributed by atoms with Crippen LogP contribution < -0.4 is 5.73 Å². The summed E-state index contributed by atoms with van der Waals surface area (Å²) in [5, 5.41) is 5.30. The average Bonchev–Trinajstić information content (AvgIpc) is 2.55. The van der Waals surface area contributed by atoms with E-state index >= 15 is 0 Å². The minimum atomic E-state index is 0.0318. The lowest BCUT2D eigenvalue weighted by atomic mass is 10.1. The minimum Gasteiger partial charge on any atom is -0.330 e. The molecular weight excluding hydrogens is 226 g/mol. The van der Waals surface area contributed by atoms with Crippen molar-refractivity contribution in [2.24, 2.45) is 12.8 Å². The second-order valence-electron chi connectivity index (χ2n) is 3.61. The maximum Gasteiger partial charge on any atom is 0.164 e. The zero-order valence-corrected chi connectivity index (χ0v) is 9.66. The molecule has 0 saturated heterocycles. The van der Waals surface area contributed by atoms with Gasteiger partial charge in [-0.15, -0.1) is 0 Å². The zero-order chi connectivity index (χ0) is 11.7. The lowest BCUT2D eigenvalue weighted by Gasteiger charge is -2.00. The van der Waals surface area contributed by atoms with E-state index in [9.17, 15) is 4.79 Å². The third-order valence-corrected chi connectivity index (χ3v) is 2.78. The smallest absolute Gasteiger partial charge is 0.164 e. The van der Waals surface area contributed by atoms with Crippen molar-refractivity contribution in [3.8, 4) is 0 Å². The van der Waals surface area contributed by atoms with Crippen molar-refractivity contribution in [2.45, 2.75) is 6.42 Å². The topological polar surface area (TPSA) is 60.9 Å². The Kier molecular flexibility index (Phi) is 2.94. The molecule has 4 nitrogen and oxygen atoms in total. The van der Waals surface area contributed by atoms with Gasteiger partial charge in [-0.25, -0.2) is 0 Å². The number of Topliss-reactive ketones (excluding diaryl/α,β-unsaturated/α-hetero) is 1. The Morgan fingerprint density at radius 1 is 1.56 bits per heavy atom. The molecule has 0 fully saturated rings. The summed E-state index contributed by atoms with van der Waals surface area (Å²) in [7, 11) is 1.82. The summed E-state index contributed by atoms with van der Waals surface area (Å²) in [4.78, 5) is 11.7. The van der Waals surface area contributed by atoms with Crippen LogP contribution in [0, 0.1) is 0 Å². The summed E-state index contributed by atoms with van der Waals surface area (Å²) in [5.74, 6) is 0.0318. The molecule has 0 amide bonds. The fourth-order valence-electron chi connectivity index (χ4n) is 1.67. The van der Waals surface area contributed by atoms with Gasteiger partial charge in [0.15, 0.2) is 10.9 Å². The number of hydrogen-bond acceptors (Lipinski definition) is 3. The van der Waals surface area contributed by atoms with Crippen molar-refractivity contribution in [2.75, 3.05) is 6.54 Å². The van der Waals surface area contributed by atoms with E-state index in [2.05, 4.69) is 5.10 Å². The minimum absolute atomic E-state index is 0.0318. The Morgan fingerprint density at radius 2 is 2.31 bits per heavy atom. The zero-order valence-electron chi connectivity index (χ0n) is 8.90. The van der Waals surface area contributed by atoms with E-state index < -0.39 is 0 Å². The summed E-state index contributed by atoms with van der Waals surface area (Å²) in [6.45, 7) is 0.359. The molecule has 16 heavy (non-hydrogen) atoms. The predicted octanol–water partition coefficient (Wildman–Crippen LogP) is 1.76. The quantitative estimate of drug-likeness (QED) is 0.828. The van der Waals surface area contributed by atoms with Crippen LogP contribution in [-0.2, 0) is 7.05 Å². The molecule has 0 radical (unpaired) electrons. The summed E-state index contributed by atoms with van der Waals surface area (Å²) in [5.41, 5.74) is 6.89. The SMILES string of the molecule is Cn1nc(Cl)c2cc(C(=O)CCN)ccc21. The molecule has 0 aliphatic heterocycles. The number of aromatic nitrogens is 2. The molecule has 2 rings (SSSR count). The van der Waals surface area contributed by atoms with Crippen LogP contribution in [0.1, 0.15) is 16.8 Å². The number of carbonyl (C=O) groups is 1. The van der Waals surface area contributed by atoms with Gasteiger partial charge in [0.1, 0.15) is 0 Å². The van der Waals surface area contributed by atoms with Gasteiger partial charge in [0, 0.05) is 24.4 Å². The number of nitrogens with two attached hydrogens (primary N) is 1. The van der Waals surface area contributed by atoms with Crippen molar-refractivity contribution >= 4 is 28.3 Å². The van der Waals surface area contributed by atoms with Crippen molar-refractivity contribution in [3.63, 3.8) is 0 Å². The van der Waals surface area contributed by atoms with Crippen LogP contribution in [0.25, 0.3) is 10.9 Å². The first-order valence-corrected chi connectivity index (χ1v) is 5.37. The molecule has 1 aromatic carbocycles. The molecule has 2 aromatic rings. The van der Waals surface area contributed by atoms with E-state index in [0.717, 1.165) is 10.9 Å². The number of carbonyl (C=O) groups excluding carboxylic acids is 1. The molecular formula is C11H12ClN3O. The second-order valence-corrected chi connectivity index (χ2v) is 3.97. The number of halogens is 1. The van der Waals surface area contributed by atoms with E-state index in [1.165, 1.54) is 0 Å². The third kappa shape index (κ3) is 1.81. The number of ketones is 1. The van der Waals surface area contributed by atoms with Crippen LogP contribution in [-0.4, -0.2) is 22.1 Å². The van der Waals surface area contributed by atoms with Crippen LogP contribution in [0.3, 0.4) is 0 Å². The highest BCUT2D eigenvalue weighted by Gasteiger charge is 2.10. The Balaban J connectivity index is 2.51. The lowest BCUT2D eigenvalue weighted by molar-refractivity contribution is 0.0985. The monoisotopic (exact) mass is 237 g/mol.